The number of nitrogens with zero attached hydrogens (tertiary/aromatic N) is 2. The number of aliphatic hydroxyl groups excluding tert-OH is 1. The molecule has 1 amide bonds. The third-order valence-electron chi connectivity index (χ3n) is 3.07. The molecule has 0 radical (unpaired) electrons. The van der Waals surface area contributed by atoms with E-state index in [0.29, 0.717) is 18.3 Å². The Morgan fingerprint density at radius 2 is 2.47 bits per heavy atom. The zero-order valence-corrected chi connectivity index (χ0v) is 9.67. The maximum absolute atomic E-state index is 11.6. The van der Waals surface area contributed by atoms with Gasteiger partial charge in [-0.1, -0.05) is 0 Å². The summed E-state index contributed by atoms with van der Waals surface area (Å²) in [7, 11) is 0. The van der Waals surface area contributed by atoms with Crippen LogP contribution in [0.5, 0.6) is 0 Å². The van der Waals surface area contributed by atoms with Gasteiger partial charge in [-0.3, -0.25) is 9.48 Å². The van der Waals surface area contributed by atoms with Gasteiger partial charge in [0.2, 0.25) is 5.91 Å². The molecule has 94 valence electrons. The number of carbonyl (C=O) groups excluding carboxylic acids is 1. The molecule has 6 heteroatoms. The lowest BCUT2D eigenvalue weighted by molar-refractivity contribution is -0.122. The largest absolute Gasteiger partial charge is 0.393 e. The number of nitrogens with one attached hydrogen (secondary N) is 1. The van der Waals surface area contributed by atoms with Gasteiger partial charge in [0.15, 0.2) is 0 Å². The molecule has 2 unspecified atom stereocenters. The summed E-state index contributed by atoms with van der Waals surface area (Å²) in [5.74, 6) is 0.739. The summed E-state index contributed by atoms with van der Waals surface area (Å²) >= 11 is 0. The van der Waals surface area contributed by atoms with Gasteiger partial charge in [-0.2, -0.15) is 5.10 Å². The third-order valence-corrected chi connectivity index (χ3v) is 3.07. The fourth-order valence-electron chi connectivity index (χ4n) is 2.16. The molecule has 1 aliphatic rings. The molecule has 0 bridgehead atoms. The van der Waals surface area contributed by atoms with Crippen molar-refractivity contribution in [3.05, 3.63) is 12.3 Å². The van der Waals surface area contributed by atoms with Gasteiger partial charge in [0.05, 0.1) is 6.10 Å². The number of aromatic nitrogens is 2. The highest BCUT2D eigenvalue weighted by atomic mass is 16.3. The highest BCUT2D eigenvalue weighted by Gasteiger charge is 2.22. The average molecular weight is 238 g/mol. The Morgan fingerprint density at radius 3 is 3.06 bits per heavy atom. The normalized spacial score (nSPS) is 23.8. The Bertz CT molecular complexity index is 391. The maximum Gasteiger partial charge on any atom is 0.241 e. The third kappa shape index (κ3) is 3.45. The van der Waals surface area contributed by atoms with Crippen LogP contribution in [-0.2, 0) is 11.3 Å². The van der Waals surface area contributed by atoms with Gasteiger partial charge in [0, 0.05) is 12.7 Å². The van der Waals surface area contributed by atoms with Gasteiger partial charge >= 0.3 is 0 Å². The van der Waals surface area contributed by atoms with Crippen molar-refractivity contribution in [2.45, 2.75) is 31.9 Å². The van der Waals surface area contributed by atoms with Crippen molar-refractivity contribution in [2.75, 3.05) is 12.3 Å². The Morgan fingerprint density at radius 1 is 1.65 bits per heavy atom. The molecule has 17 heavy (non-hydrogen) atoms. The minimum Gasteiger partial charge on any atom is -0.393 e. The standard InChI is InChI=1S/C11H18N4O2/c12-10-3-4-15(14-10)7-11(17)13-6-8-1-2-9(16)5-8/h3-4,8-9,16H,1-2,5-7H2,(H2,12,14)(H,13,17). The van der Waals surface area contributed by atoms with E-state index >= 15 is 0 Å². The van der Waals surface area contributed by atoms with E-state index in [1.807, 2.05) is 0 Å². The number of amides is 1. The van der Waals surface area contributed by atoms with E-state index in [1.165, 1.54) is 4.68 Å². The number of carbonyl (C=O) groups is 1. The maximum atomic E-state index is 11.6. The van der Waals surface area contributed by atoms with Crippen LogP contribution in [0.15, 0.2) is 12.3 Å². The van der Waals surface area contributed by atoms with Crippen LogP contribution in [-0.4, -0.2) is 33.4 Å². The molecule has 2 rings (SSSR count). The van der Waals surface area contributed by atoms with Crippen LogP contribution in [0.25, 0.3) is 0 Å². The number of hydrogen-bond acceptors (Lipinski definition) is 4. The Hall–Kier alpha value is -1.56. The van der Waals surface area contributed by atoms with E-state index in [0.717, 1.165) is 19.3 Å². The second-order valence-electron chi connectivity index (χ2n) is 4.58. The van der Waals surface area contributed by atoms with E-state index in [9.17, 15) is 9.90 Å². The van der Waals surface area contributed by atoms with Crippen molar-refractivity contribution < 1.29 is 9.90 Å². The molecular weight excluding hydrogens is 220 g/mol. The summed E-state index contributed by atoms with van der Waals surface area (Å²) in [5.41, 5.74) is 5.45. The van der Waals surface area contributed by atoms with Gasteiger partial charge in [-0.25, -0.2) is 0 Å². The average Bonchev–Trinajstić information content (AvgIpc) is 2.85. The summed E-state index contributed by atoms with van der Waals surface area (Å²) in [5, 5.41) is 16.1. The molecule has 0 aromatic carbocycles. The molecule has 0 spiro atoms. The van der Waals surface area contributed by atoms with E-state index in [2.05, 4.69) is 10.4 Å². The lowest BCUT2D eigenvalue weighted by atomic mass is 10.1. The molecule has 1 aromatic rings. The highest BCUT2D eigenvalue weighted by molar-refractivity contribution is 5.75. The minimum atomic E-state index is -0.192. The van der Waals surface area contributed by atoms with E-state index in [-0.39, 0.29) is 18.6 Å². The number of aliphatic hydroxyl groups is 1. The molecule has 4 N–H and O–H groups in total. The van der Waals surface area contributed by atoms with Crippen LogP contribution in [0.4, 0.5) is 5.82 Å². The number of anilines is 1. The smallest absolute Gasteiger partial charge is 0.241 e. The van der Waals surface area contributed by atoms with Crippen LogP contribution < -0.4 is 11.1 Å². The fourth-order valence-corrected chi connectivity index (χ4v) is 2.16. The molecule has 0 aliphatic heterocycles. The highest BCUT2D eigenvalue weighted by Crippen LogP contribution is 2.24. The van der Waals surface area contributed by atoms with Crippen LogP contribution in [0.2, 0.25) is 0 Å². The Balaban J connectivity index is 1.71. The van der Waals surface area contributed by atoms with Crippen molar-refractivity contribution in [3.63, 3.8) is 0 Å². The van der Waals surface area contributed by atoms with Gasteiger partial charge in [0.1, 0.15) is 12.4 Å². The zero-order chi connectivity index (χ0) is 12.3. The van der Waals surface area contributed by atoms with Gasteiger partial charge in [0.25, 0.3) is 0 Å². The lowest BCUT2D eigenvalue weighted by Crippen LogP contribution is -2.31. The predicted octanol–water partition coefficient (Wildman–Crippen LogP) is -0.258. The van der Waals surface area contributed by atoms with Gasteiger partial charge < -0.3 is 16.2 Å². The van der Waals surface area contributed by atoms with Crippen molar-refractivity contribution >= 4 is 11.7 Å². The molecule has 1 saturated carbocycles. The summed E-state index contributed by atoms with van der Waals surface area (Å²) < 4.78 is 1.51. The Labute approximate surface area is 99.8 Å². The van der Waals surface area contributed by atoms with Crippen molar-refractivity contribution in [3.8, 4) is 0 Å². The van der Waals surface area contributed by atoms with Crippen molar-refractivity contribution in [1.82, 2.24) is 15.1 Å². The van der Waals surface area contributed by atoms with E-state index in [1.54, 1.807) is 12.3 Å². The second-order valence-corrected chi connectivity index (χ2v) is 4.58. The molecular formula is C11H18N4O2. The minimum absolute atomic E-state index is 0.0745. The molecule has 2 atom stereocenters. The molecule has 6 nitrogen and oxygen atoms in total. The summed E-state index contributed by atoms with van der Waals surface area (Å²) in [6.07, 6.45) is 4.10. The fraction of sp³-hybridized carbons (Fsp3) is 0.636. The van der Waals surface area contributed by atoms with Gasteiger partial charge in [-0.05, 0) is 31.2 Å². The number of hydrogen-bond donors (Lipinski definition) is 3. The van der Waals surface area contributed by atoms with Crippen molar-refractivity contribution in [2.24, 2.45) is 5.92 Å². The van der Waals surface area contributed by atoms with Crippen molar-refractivity contribution in [1.29, 1.82) is 0 Å². The molecule has 1 heterocycles. The monoisotopic (exact) mass is 238 g/mol. The SMILES string of the molecule is Nc1ccn(CC(=O)NCC2CCC(O)C2)n1. The van der Waals surface area contributed by atoms with Crippen LogP contribution in [0, 0.1) is 5.92 Å². The summed E-state index contributed by atoms with van der Waals surface area (Å²) in [6.45, 7) is 0.819. The number of nitrogen functional groups attached to an aromatic ring is 1. The molecule has 1 aromatic heterocycles. The number of nitrogens with two attached hydrogens (primary N) is 1. The number of rotatable bonds is 4. The lowest BCUT2D eigenvalue weighted by Gasteiger charge is -2.10. The summed E-state index contributed by atoms with van der Waals surface area (Å²) in [6, 6.07) is 1.65. The molecule has 1 fully saturated rings. The van der Waals surface area contributed by atoms with Gasteiger partial charge in [-0.15, -0.1) is 0 Å². The first-order valence-electron chi connectivity index (χ1n) is 5.87. The Kier molecular flexibility index (Phi) is 3.63. The first-order chi connectivity index (χ1) is 8.13. The van der Waals surface area contributed by atoms with E-state index in [4.69, 9.17) is 5.73 Å². The molecule has 0 saturated heterocycles. The van der Waals surface area contributed by atoms with Crippen LogP contribution in [0.1, 0.15) is 19.3 Å². The first-order valence-corrected chi connectivity index (χ1v) is 5.87. The molecule has 1 aliphatic carbocycles. The first kappa shape index (κ1) is 11.9. The topological polar surface area (TPSA) is 93.2 Å². The quantitative estimate of drug-likeness (QED) is 0.674. The van der Waals surface area contributed by atoms with E-state index < -0.39 is 0 Å². The summed E-state index contributed by atoms with van der Waals surface area (Å²) in [4.78, 5) is 11.6. The zero-order valence-electron chi connectivity index (χ0n) is 9.67. The second kappa shape index (κ2) is 5.18. The van der Waals surface area contributed by atoms with Crippen LogP contribution in [0.3, 0.4) is 0 Å². The van der Waals surface area contributed by atoms with Crippen LogP contribution >= 0.6 is 0 Å². The predicted molar refractivity (Wildman–Crippen MR) is 63.0 cm³/mol.